The van der Waals surface area contributed by atoms with Crippen LogP contribution in [-0.4, -0.2) is 21.4 Å². The fourth-order valence-electron chi connectivity index (χ4n) is 2.00. The minimum atomic E-state index is 0.0514. The van der Waals surface area contributed by atoms with Crippen molar-refractivity contribution >= 4 is 40.0 Å². The van der Waals surface area contributed by atoms with Gasteiger partial charge in [0.1, 0.15) is 12.1 Å². The van der Waals surface area contributed by atoms with Crippen LogP contribution < -0.4 is 5.32 Å². The van der Waals surface area contributed by atoms with E-state index >= 15 is 0 Å². The van der Waals surface area contributed by atoms with Crippen molar-refractivity contribution < 1.29 is 0 Å². The van der Waals surface area contributed by atoms with Crippen molar-refractivity contribution in [1.29, 1.82) is 0 Å². The van der Waals surface area contributed by atoms with Gasteiger partial charge in [-0.2, -0.15) is 0 Å². The molecule has 1 aromatic heterocycles. The molecule has 1 saturated carbocycles. The minimum Gasteiger partial charge on any atom is -0.362 e. The van der Waals surface area contributed by atoms with E-state index in [1.165, 1.54) is 12.8 Å². The van der Waals surface area contributed by atoms with Gasteiger partial charge in [-0.15, -0.1) is 11.6 Å². The fourth-order valence-corrected chi connectivity index (χ4v) is 2.77. The molecule has 1 aliphatic rings. The van der Waals surface area contributed by atoms with Gasteiger partial charge in [-0.05, 0) is 35.4 Å². The fraction of sp³-hybridized carbons (Fsp3) is 0.600. The molecule has 1 aromatic rings. The SMILES string of the molecule is ClCC1(Nc2ncncc2I)CCCC1. The highest BCUT2D eigenvalue weighted by atomic mass is 127. The molecule has 0 aromatic carbocycles. The Hall–Kier alpha value is -0.100. The Bertz CT molecular complexity index is 339. The Morgan fingerprint density at radius 3 is 2.80 bits per heavy atom. The standard InChI is InChI=1S/C10H13ClIN3/c11-6-10(3-1-2-4-10)15-9-8(12)5-13-7-14-9/h5,7H,1-4,6H2,(H,13,14,15). The highest BCUT2D eigenvalue weighted by Gasteiger charge is 2.33. The molecule has 0 bridgehead atoms. The molecule has 0 radical (unpaired) electrons. The van der Waals surface area contributed by atoms with Gasteiger partial charge < -0.3 is 5.32 Å². The summed E-state index contributed by atoms with van der Waals surface area (Å²) in [6.45, 7) is 0. The van der Waals surface area contributed by atoms with E-state index in [4.69, 9.17) is 11.6 Å². The lowest BCUT2D eigenvalue weighted by Gasteiger charge is -2.28. The highest BCUT2D eigenvalue weighted by molar-refractivity contribution is 14.1. The Kier molecular flexibility index (Phi) is 3.66. The van der Waals surface area contributed by atoms with Crippen molar-refractivity contribution in [1.82, 2.24) is 9.97 Å². The predicted octanol–water partition coefficient (Wildman–Crippen LogP) is 3.04. The topological polar surface area (TPSA) is 37.8 Å². The van der Waals surface area contributed by atoms with Gasteiger partial charge in [-0.25, -0.2) is 9.97 Å². The van der Waals surface area contributed by atoms with Crippen LogP contribution in [0.3, 0.4) is 0 Å². The van der Waals surface area contributed by atoms with Crippen LogP contribution in [-0.2, 0) is 0 Å². The van der Waals surface area contributed by atoms with Crippen molar-refractivity contribution in [2.45, 2.75) is 31.2 Å². The van der Waals surface area contributed by atoms with Gasteiger partial charge in [-0.3, -0.25) is 0 Å². The van der Waals surface area contributed by atoms with Crippen LogP contribution in [0.1, 0.15) is 25.7 Å². The number of hydrogen-bond acceptors (Lipinski definition) is 3. The lowest BCUT2D eigenvalue weighted by molar-refractivity contribution is 0.537. The summed E-state index contributed by atoms with van der Waals surface area (Å²) >= 11 is 8.30. The molecule has 1 N–H and O–H groups in total. The number of alkyl halides is 1. The first-order chi connectivity index (χ1) is 7.26. The Morgan fingerprint density at radius 1 is 1.47 bits per heavy atom. The molecule has 0 unspecified atom stereocenters. The third-order valence-corrected chi connectivity index (χ3v) is 4.17. The summed E-state index contributed by atoms with van der Waals surface area (Å²) in [6, 6.07) is 0. The molecular weight excluding hydrogens is 324 g/mol. The molecule has 0 saturated heterocycles. The average Bonchev–Trinajstić information content (AvgIpc) is 2.71. The number of aromatic nitrogens is 2. The molecule has 0 atom stereocenters. The molecule has 0 aliphatic heterocycles. The number of hydrogen-bond donors (Lipinski definition) is 1. The van der Waals surface area contributed by atoms with Crippen LogP contribution >= 0.6 is 34.2 Å². The largest absolute Gasteiger partial charge is 0.362 e. The maximum Gasteiger partial charge on any atom is 0.143 e. The van der Waals surface area contributed by atoms with Crippen molar-refractivity contribution in [2.24, 2.45) is 0 Å². The van der Waals surface area contributed by atoms with Crippen molar-refractivity contribution in [3.63, 3.8) is 0 Å². The summed E-state index contributed by atoms with van der Waals surface area (Å²) in [5.41, 5.74) is 0.0514. The van der Waals surface area contributed by atoms with E-state index < -0.39 is 0 Å². The summed E-state index contributed by atoms with van der Waals surface area (Å²) in [7, 11) is 0. The molecule has 0 spiro atoms. The molecule has 3 nitrogen and oxygen atoms in total. The van der Waals surface area contributed by atoms with E-state index in [0.717, 1.165) is 22.2 Å². The Balaban J connectivity index is 2.16. The first kappa shape index (κ1) is 11.4. The second kappa shape index (κ2) is 4.82. The van der Waals surface area contributed by atoms with Crippen LogP contribution in [0.2, 0.25) is 0 Å². The molecule has 1 heterocycles. The van der Waals surface area contributed by atoms with E-state index in [1.807, 2.05) is 6.20 Å². The number of nitrogens with one attached hydrogen (secondary N) is 1. The van der Waals surface area contributed by atoms with E-state index in [2.05, 4.69) is 37.9 Å². The maximum atomic E-state index is 6.06. The number of nitrogens with zero attached hydrogens (tertiary/aromatic N) is 2. The second-order valence-electron chi connectivity index (χ2n) is 3.97. The molecule has 82 valence electrons. The number of rotatable bonds is 3. The lowest BCUT2D eigenvalue weighted by Crippen LogP contribution is -2.37. The van der Waals surface area contributed by atoms with Gasteiger partial charge in [0.2, 0.25) is 0 Å². The summed E-state index contributed by atoms with van der Waals surface area (Å²) < 4.78 is 1.05. The van der Waals surface area contributed by atoms with Gasteiger partial charge in [0.15, 0.2) is 0 Å². The second-order valence-corrected chi connectivity index (χ2v) is 5.39. The monoisotopic (exact) mass is 337 g/mol. The van der Waals surface area contributed by atoms with Gasteiger partial charge >= 0.3 is 0 Å². The molecule has 1 aliphatic carbocycles. The summed E-state index contributed by atoms with van der Waals surface area (Å²) in [4.78, 5) is 8.22. The smallest absolute Gasteiger partial charge is 0.143 e. The lowest BCUT2D eigenvalue weighted by atomic mass is 10.0. The molecule has 0 amide bonds. The molecule has 5 heteroatoms. The van der Waals surface area contributed by atoms with Crippen LogP contribution in [0.25, 0.3) is 0 Å². The normalized spacial score (nSPS) is 19.1. The first-order valence-corrected chi connectivity index (χ1v) is 6.67. The van der Waals surface area contributed by atoms with E-state index in [9.17, 15) is 0 Å². The van der Waals surface area contributed by atoms with Crippen molar-refractivity contribution in [3.05, 3.63) is 16.1 Å². The Morgan fingerprint density at radius 2 is 2.20 bits per heavy atom. The zero-order valence-electron chi connectivity index (χ0n) is 8.34. The summed E-state index contributed by atoms with van der Waals surface area (Å²) in [6.07, 6.45) is 8.16. The molecule has 2 rings (SSSR count). The van der Waals surface area contributed by atoms with E-state index in [1.54, 1.807) is 6.33 Å². The van der Waals surface area contributed by atoms with Gasteiger partial charge in [0, 0.05) is 12.1 Å². The molecule has 1 fully saturated rings. The Labute approximate surface area is 108 Å². The highest BCUT2D eigenvalue weighted by Crippen LogP contribution is 2.34. The number of anilines is 1. The van der Waals surface area contributed by atoms with Crippen molar-refractivity contribution in [2.75, 3.05) is 11.2 Å². The first-order valence-electron chi connectivity index (χ1n) is 5.05. The number of halogens is 2. The molecular formula is C10H13ClIN3. The van der Waals surface area contributed by atoms with Gasteiger partial charge in [-0.1, -0.05) is 12.8 Å². The maximum absolute atomic E-state index is 6.06. The zero-order chi connectivity index (χ0) is 10.7. The average molecular weight is 338 g/mol. The quantitative estimate of drug-likeness (QED) is 0.680. The molecule has 15 heavy (non-hydrogen) atoms. The van der Waals surface area contributed by atoms with Crippen LogP contribution in [0, 0.1) is 3.57 Å². The van der Waals surface area contributed by atoms with Crippen molar-refractivity contribution in [3.8, 4) is 0 Å². The van der Waals surface area contributed by atoms with Crippen LogP contribution in [0.5, 0.6) is 0 Å². The van der Waals surface area contributed by atoms with E-state index in [0.29, 0.717) is 5.88 Å². The van der Waals surface area contributed by atoms with Crippen LogP contribution in [0.15, 0.2) is 12.5 Å². The third-order valence-electron chi connectivity index (χ3n) is 2.87. The third kappa shape index (κ3) is 2.53. The summed E-state index contributed by atoms with van der Waals surface area (Å²) in [5, 5.41) is 3.48. The zero-order valence-corrected chi connectivity index (χ0v) is 11.3. The summed E-state index contributed by atoms with van der Waals surface area (Å²) in [5.74, 6) is 1.56. The minimum absolute atomic E-state index is 0.0514. The van der Waals surface area contributed by atoms with Crippen LogP contribution in [0.4, 0.5) is 5.82 Å². The predicted molar refractivity (Wildman–Crippen MR) is 70.3 cm³/mol. The van der Waals surface area contributed by atoms with E-state index in [-0.39, 0.29) is 5.54 Å². The van der Waals surface area contributed by atoms with Gasteiger partial charge in [0.25, 0.3) is 0 Å². The van der Waals surface area contributed by atoms with Gasteiger partial charge in [0.05, 0.1) is 9.11 Å².